The molecule has 0 bridgehead atoms. The first-order valence-corrected chi connectivity index (χ1v) is 7.76. The Labute approximate surface area is 141 Å². The van der Waals surface area contributed by atoms with Crippen molar-refractivity contribution in [3.05, 3.63) is 59.8 Å². The lowest BCUT2D eigenvalue weighted by Gasteiger charge is -2.30. The third-order valence-electron chi connectivity index (χ3n) is 3.66. The summed E-state index contributed by atoms with van der Waals surface area (Å²) >= 11 is 0. The zero-order chi connectivity index (χ0) is 16.8. The fraction of sp³-hybridized carbons (Fsp3) is 0.263. The quantitative estimate of drug-likeness (QED) is 0.816. The standard InChI is InChI=1S/C19H18N2O3/c1-23-14-17-11-12-21(19(22)24-17)18-10-9-16(13-20-18)8-7-15-5-3-2-4-6-15/h2-6,9-10,13,17H,11-12,14H2,1H3/t17-/m0/s1. The summed E-state index contributed by atoms with van der Waals surface area (Å²) in [6.45, 7) is 0.982. The number of pyridine rings is 1. The number of rotatable bonds is 3. The molecule has 1 amide bonds. The van der Waals surface area contributed by atoms with Crippen molar-refractivity contribution in [1.82, 2.24) is 4.98 Å². The van der Waals surface area contributed by atoms with Crippen molar-refractivity contribution in [1.29, 1.82) is 0 Å². The first-order valence-electron chi connectivity index (χ1n) is 7.76. The van der Waals surface area contributed by atoms with Gasteiger partial charge in [0.15, 0.2) is 0 Å². The van der Waals surface area contributed by atoms with Crippen LogP contribution in [0.3, 0.4) is 0 Å². The molecule has 0 spiro atoms. The lowest BCUT2D eigenvalue weighted by atomic mass is 10.2. The molecule has 0 aliphatic carbocycles. The second-order valence-corrected chi connectivity index (χ2v) is 5.42. The molecule has 1 aromatic heterocycles. The summed E-state index contributed by atoms with van der Waals surface area (Å²) in [6, 6.07) is 13.4. The molecule has 0 saturated carbocycles. The summed E-state index contributed by atoms with van der Waals surface area (Å²) in [5.41, 5.74) is 1.75. The van der Waals surface area contributed by atoms with Crippen LogP contribution in [0.2, 0.25) is 0 Å². The molecule has 0 radical (unpaired) electrons. The molecule has 5 nitrogen and oxygen atoms in total. The van der Waals surface area contributed by atoms with Gasteiger partial charge in [-0.2, -0.15) is 0 Å². The minimum absolute atomic E-state index is 0.185. The van der Waals surface area contributed by atoms with E-state index in [-0.39, 0.29) is 12.2 Å². The van der Waals surface area contributed by atoms with E-state index in [4.69, 9.17) is 9.47 Å². The van der Waals surface area contributed by atoms with Crippen molar-refractivity contribution in [2.24, 2.45) is 0 Å². The third-order valence-corrected chi connectivity index (χ3v) is 3.66. The second kappa shape index (κ2) is 7.62. The summed E-state index contributed by atoms with van der Waals surface area (Å²) in [5, 5.41) is 0. The van der Waals surface area contributed by atoms with E-state index in [1.807, 2.05) is 36.4 Å². The van der Waals surface area contributed by atoms with E-state index < -0.39 is 0 Å². The number of benzene rings is 1. The number of ether oxygens (including phenoxy) is 2. The van der Waals surface area contributed by atoms with Gasteiger partial charge in [-0.15, -0.1) is 0 Å². The van der Waals surface area contributed by atoms with E-state index in [0.29, 0.717) is 19.0 Å². The summed E-state index contributed by atoms with van der Waals surface area (Å²) < 4.78 is 10.3. The molecule has 1 atom stereocenters. The minimum Gasteiger partial charge on any atom is -0.443 e. The molecule has 122 valence electrons. The molecule has 24 heavy (non-hydrogen) atoms. The van der Waals surface area contributed by atoms with Gasteiger partial charge in [-0.1, -0.05) is 30.0 Å². The van der Waals surface area contributed by atoms with Crippen molar-refractivity contribution in [3.63, 3.8) is 0 Å². The number of carbonyl (C=O) groups is 1. The predicted octanol–water partition coefficient (Wildman–Crippen LogP) is 2.84. The summed E-state index contributed by atoms with van der Waals surface area (Å²) in [5.74, 6) is 6.71. The molecular weight excluding hydrogens is 304 g/mol. The molecule has 1 aliphatic heterocycles. The van der Waals surface area contributed by atoms with Crippen molar-refractivity contribution in [2.75, 3.05) is 25.2 Å². The minimum atomic E-state index is -0.390. The highest BCUT2D eigenvalue weighted by Gasteiger charge is 2.28. The largest absolute Gasteiger partial charge is 0.443 e. The van der Waals surface area contributed by atoms with Crippen molar-refractivity contribution >= 4 is 11.9 Å². The van der Waals surface area contributed by atoms with E-state index in [9.17, 15) is 4.79 Å². The molecule has 1 saturated heterocycles. The number of nitrogens with zero attached hydrogens (tertiary/aromatic N) is 2. The van der Waals surface area contributed by atoms with Crippen LogP contribution in [0.15, 0.2) is 48.7 Å². The smallest absolute Gasteiger partial charge is 0.415 e. The van der Waals surface area contributed by atoms with Crippen LogP contribution in [0.25, 0.3) is 0 Å². The van der Waals surface area contributed by atoms with E-state index in [2.05, 4.69) is 16.8 Å². The summed E-state index contributed by atoms with van der Waals surface area (Å²) in [7, 11) is 1.59. The van der Waals surface area contributed by atoms with Gasteiger partial charge in [-0.3, -0.25) is 4.90 Å². The van der Waals surface area contributed by atoms with Gasteiger partial charge in [-0.25, -0.2) is 9.78 Å². The Balaban J connectivity index is 1.67. The van der Waals surface area contributed by atoms with Crippen LogP contribution in [0.4, 0.5) is 10.6 Å². The van der Waals surface area contributed by atoms with Gasteiger partial charge in [0.2, 0.25) is 0 Å². The molecule has 2 aromatic rings. The Morgan fingerprint density at radius 2 is 2.00 bits per heavy atom. The van der Waals surface area contributed by atoms with E-state index in [0.717, 1.165) is 17.5 Å². The van der Waals surface area contributed by atoms with Crippen molar-refractivity contribution < 1.29 is 14.3 Å². The van der Waals surface area contributed by atoms with Crippen LogP contribution in [0.5, 0.6) is 0 Å². The SMILES string of the molecule is COC[C@@H]1CCN(c2ccc(C#Cc3ccccc3)cn2)C(=O)O1. The Kier molecular flexibility index (Phi) is 5.09. The van der Waals surface area contributed by atoms with Crippen LogP contribution >= 0.6 is 0 Å². The number of cyclic esters (lactones) is 1. The van der Waals surface area contributed by atoms with Crippen LogP contribution in [0.1, 0.15) is 17.5 Å². The number of aromatic nitrogens is 1. The number of hydrogen-bond donors (Lipinski definition) is 0. The lowest BCUT2D eigenvalue weighted by molar-refractivity contribution is 0.0281. The van der Waals surface area contributed by atoms with Gasteiger partial charge in [-0.05, 0) is 24.3 Å². The van der Waals surface area contributed by atoms with E-state index >= 15 is 0 Å². The Hall–Kier alpha value is -2.84. The number of carbonyl (C=O) groups excluding carboxylic acids is 1. The fourth-order valence-electron chi connectivity index (χ4n) is 2.43. The van der Waals surface area contributed by atoms with Crippen molar-refractivity contribution in [2.45, 2.75) is 12.5 Å². The van der Waals surface area contributed by atoms with Crippen molar-refractivity contribution in [3.8, 4) is 11.8 Å². The summed E-state index contributed by atoms with van der Waals surface area (Å²) in [6.07, 6.45) is 1.81. The Morgan fingerprint density at radius 3 is 2.67 bits per heavy atom. The topological polar surface area (TPSA) is 51.7 Å². The van der Waals surface area contributed by atoms with Gasteiger partial charge in [0, 0.05) is 37.4 Å². The molecule has 1 aromatic carbocycles. The molecule has 1 aliphatic rings. The van der Waals surface area contributed by atoms with E-state index in [1.54, 1.807) is 19.4 Å². The average molecular weight is 322 g/mol. The third kappa shape index (κ3) is 3.92. The first-order chi connectivity index (χ1) is 11.8. The second-order valence-electron chi connectivity index (χ2n) is 5.42. The number of hydrogen-bond acceptors (Lipinski definition) is 4. The molecule has 1 fully saturated rings. The molecular formula is C19H18N2O3. The molecule has 2 heterocycles. The van der Waals surface area contributed by atoms with Gasteiger partial charge >= 0.3 is 6.09 Å². The highest BCUT2D eigenvalue weighted by atomic mass is 16.6. The molecule has 5 heteroatoms. The number of methoxy groups -OCH3 is 1. The summed E-state index contributed by atoms with van der Waals surface area (Å²) in [4.78, 5) is 17.9. The van der Waals surface area contributed by atoms with Crippen LogP contribution < -0.4 is 4.90 Å². The molecule has 0 unspecified atom stereocenters. The first kappa shape index (κ1) is 16.0. The number of anilines is 1. The van der Waals surface area contributed by atoms with Gasteiger partial charge in [0.05, 0.1) is 6.61 Å². The normalized spacial score (nSPS) is 17.0. The lowest BCUT2D eigenvalue weighted by Crippen LogP contribution is -2.43. The van der Waals surface area contributed by atoms with E-state index in [1.165, 1.54) is 4.90 Å². The van der Waals surface area contributed by atoms with Gasteiger partial charge in [0.1, 0.15) is 11.9 Å². The van der Waals surface area contributed by atoms with Crippen LogP contribution in [0, 0.1) is 11.8 Å². The fourth-order valence-corrected chi connectivity index (χ4v) is 2.43. The zero-order valence-electron chi connectivity index (χ0n) is 13.4. The molecule has 0 N–H and O–H groups in total. The maximum Gasteiger partial charge on any atom is 0.415 e. The number of amides is 1. The van der Waals surface area contributed by atoms with Crippen LogP contribution in [-0.2, 0) is 9.47 Å². The maximum absolute atomic E-state index is 12.1. The highest BCUT2D eigenvalue weighted by Crippen LogP contribution is 2.19. The van der Waals surface area contributed by atoms with Gasteiger partial charge in [0.25, 0.3) is 0 Å². The molecule has 3 rings (SSSR count). The Morgan fingerprint density at radius 1 is 1.21 bits per heavy atom. The van der Waals surface area contributed by atoms with Crippen LogP contribution in [-0.4, -0.2) is 37.4 Å². The Bertz CT molecular complexity index is 748. The zero-order valence-corrected chi connectivity index (χ0v) is 13.4. The van der Waals surface area contributed by atoms with Gasteiger partial charge < -0.3 is 9.47 Å². The highest BCUT2D eigenvalue weighted by molar-refractivity contribution is 5.87. The predicted molar refractivity (Wildman–Crippen MR) is 90.8 cm³/mol. The average Bonchev–Trinajstić information content (AvgIpc) is 2.62. The maximum atomic E-state index is 12.1. The monoisotopic (exact) mass is 322 g/mol.